The van der Waals surface area contributed by atoms with E-state index in [1.165, 1.54) is 24.8 Å². The fourth-order valence-electron chi connectivity index (χ4n) is 7.04. The number of benzene rings is 2. The first-order valence-electron chi connectivity index (χ1n) is 13.9. The number of hydrogen-bond donors (Lipinski definition) is 1. The standard InChI is InChI=1S/C31H39N2O3/c34-31(26-12-6-2-7-13-26,27-14-8-3-9-15-27)30-32-20-28(36-30)21-33-18-16-25(17-19-33)29(22-33)35-23-24-10-4-1-5-11-24/h1-2,4-7,10-13,20,25,27,29,34H,3,8-9,14-19,21-23H2/q+1/t25?,29-,31+,33?/m1/s1. The van der Waals surface area contributed by atoms with Crippen LogP contribution < -0.4 is 0 Å². The minimum absolute atomic E-state index is 0.133. The maximum Gasteiger partial charge on any atom is 0.231 e. The van der Waals surface area contributed by atoms with E-state index < -0.39 is 5.60 Å². The smallest absolute Gasteiger partial charge is 0.231 e. The second kappa shape index (κ2) is 10.1. The lowest BCUT2D eigenvalue weighted by Crippen LogP contribution is -2.63. The van der Waals surface area contributed by atoms with Gasteiger partial charge < -0.3 is 18.7 Å². The summed E-state index contributed by atoms with van der Waals surface area (Å²) in [6.07, 6.45) is 10.1. The topological polar surface area (TPSA) is 55.5 Å². The van der Waals surface area contributed by atoms with Crippen molar-refractivity contribution in [1.29, 1.82) is 0 Å². The highest BCUT2D eigenvalue weighted by Gasteiger charge is 2.48. The Hall–Kier alpha value is -2.47. The molecule has 5 nitrogen and oxygen atoms in total. The predicted octanol–water partition coefficient (Wildman–Crippen LogP) is 5.82. The molecule has 0 radical (unpaired) electrons. The highest BCUT2D eigenvalue weighted by atomic mass is 16.5. The second-order valence-electron chi connectivity index (χ2n) is 11.4. The van der Waals surface area contributed by atoms with Crippen molar-refractivity contribution in [1.82, 2.24) is 4.98 Å². The van der Waals surface area contributed by atoms with Crippen molar-refractivity contribution >= 4 is 0 Å². The molecule has 190 valence electrons. The van der Waals surface area contributed by atoms with Gasteiger partial charge in [0.2, 0.25) is 5.89 Å². The molecule has 3 aromatic rings. The van der Waals surface area contributed by atoms with Crippen molar-refractivity contribution in [2.75, 3.05) is 19.6 Å². The van der Waals surface area contributed by atoms with Crippen LogP contribution in [0.4, 0.5) is 0 Å². The highest BCUT2D eigenvalue weighted by molar-refractivity contribution is 5.30. The molecular formula is C31H39N2O3+. The van der Waals surface area contributed by atoms with Gasteiger partial charge in [-0.3, -0.25) is 0 Å². The molecule has 5 heteroatoms. The Bertz CT molecular complexity index is 1120. The van der Waals surface area contributed by atoms with Crippen molar-refractivity contribution in [3.8, 4) is 0 Å². The summed E-state index contributed by atoms with van der Waals surface area (Å²) >= 11 is 0. The van der Waals surface area contributed by atoms with E-state index in [-0.39, 0.29) is 5.92 Å². The maximum absolute atomic E-state index is 12.2. The molecule has 0 spiro atoms. The molecular weight excluding hydrogens is 448 g/mol. The minimum Gasteiger partial charge on any atom is -0.436 e. The SMILES string of the molecule is O[C@](c1ccccc1)(c1ncc(C[N+]23CCC(CC2)[C@H](OCc2ccccc2)C3)o1)C1CCCCC1. The molecule has 1 saturated carbocycles. The summed E-state index contributed by atoms with van der Waals surface area (Å²) in [6.45, 7) is 4.86. The first-order chi connectivity index (χ1) is 17.6. The molecule has 1 N–H and O–H groups in total. The summed E-state index contributed by atoms with van der Waals surface area (Å²) in [7, 11) is 0. The van der Waals surface area contributed by atoms with Crippen LogP contribution in [-0.2, 0) is 23.5 Å². The van der Waals surface area contributed by atoms with E-state index in [0.717, 1.165) is 67.7 Å². The number of hydrogen-bond acceptors (Lipinski definition) is 4. The number of aliphatic hydroxyl groups is 1. The average Bonchev–Trinajstić information content (AvgIpc) is 3.42. The van der Waals surface area contributed by atoms with Gasteiger partial charge in [-0.15, -0.1) is 0 Å². The lowest BCUT2D eigenvalue weighted by atomic mass is 9.73. The normalized spacial score (nSPS) is 28.1. The highest BCUT2D eigenvalue weighted by Crippen LogP contribution is 2.44. The summed E-state index contributed by atoms with van der Waals surface area (Å²) < 4.78 is 13.9. The monoisotopic (exact) mass is 487 g/mol. The van der Waals surface area contributed by atoms with E-state index in [2.05, 4.69) is 30.3 Å². The minimum atomic E-state index is -1.17. The Morgan fingerprint density at radius 1 is 0.917 bits per heavy atom. The lowest BCUT2D eigenvalue weighted by molar-refractivity contribution is -0.959. The van der Waals surface area contributed by atoms with Crippen molar-refractivity contribution in [2.24, 2.45) is 11.8 Å². The number of quaternary nitrogens is 1. The largest absolute Gasteiger partial charge is 0.436 e. The van der Waals surface area contributed by atoms with Gasteiger partial charge in [-0.25, -0.2) is 4.98 Å². The van der Waals surface area contributed by atoms with Crippen molar-refractivity contribution in [2.45, 2.75) is 69.8 Å². The molecule has 1 aliphatic carbocycles. The summed E-state index contributed by atoms with van der Waals surface area (Å²) in [6, 6.07) is 20.5. The summed E-state index contributed by atoms with van der Waals surface area (Å²) in [5.74, 6) is 2.15. The van der Waals surface area contributed by atoms with Crippen molar-refractivity contribution in [3.63, 3.8) is 0 Å². The van der Waals surface area contributed by atoms with E-state index in [9.17, 15) is 5.11 Å². The average molecular weight is 488 g/mol. The Morgan fingerprint density at radius 3 is 2.33 bits per heavy atom. The van der Waals surface area contributed by atoms with Crippen LogP contribution in [-0.4, -0.2) is 40.3 Å². The molecule has 3 saturated heterocycles. The van der Waals surface area contributed by atoms with Crippen LogP contribution in [0.2, 0.25) is 0 Å². The molecule has 0 amide bonds. The number of nitrogens with zero attached hydrogens (tertiary/aromatic N) is 2. The number of oxazole rings is 1. The zero-order chi connectivity index (χ0) is 24.4. The molecule has 4 heterocycles. The molecule has 4 fully saturated rings. The number of fused-ring (bicyclic) bond motifs is 3. The van der Waals surface area contributed by atoms with Gasteiger partial charge in [0.1, 0.15) is 19.2 Å². The van der Waals surface area contributed by atoms with Crippen LogP contribution >= 0.6 is 0 Å². The molecule has 2 aromatic carbocycles. The van der Waals surface area contributed by atoms with E-state index in [1.54, 1.807) is 0 Å². The summed E-state index contributed by atoms with van der Waals surface area (Å²) in [4.78, 5) is 4.72. The van der Waals surface area contributed by atoms with Crippen molar-refractivity contribution < 1.29 is 18.7 Å². The third kappa shape index (κ3) is 4.65. The van der Waals surface area contributed by atoms with E-state index in [1.807, 2.05) is 36.5 Å². The molecule has 7 rings (SSSR count). The summed E-state index contributed by atoms with van der Waals surface area (Å²) in [5.41, 5.74) is 0.963. The molecule has 0 unspecified atom stereocenters. The lowest BCUT2D eigenvalue weighted by Gasteiger charge is -2.52. The molecule has 3 aliphatic heterocycles. The first kappa shape index (κ1) is 23.9. The molecule has 2 bridgehead atoms. The molecule has 4 aliphatic rings. The van der Waals surface area contributed by atoms with Gasteiger partial charge in [0.15, 0.2) is 11.4 Å². The van der Waals surface area contributed by atoms with Gasteiger partial charge in [-0.05, 0) is 24.0 Å². The second-order valence-corrected chi connectivity index (χ2v) is 11.4. The third-order valence-corrected chi connectivity index (χ3v) is 9.13. The van der Waals surface area contributed by atoms with Gasteiger partial charge in [0.05, 0.1) is 25.9 Å². The van der Waals surface area contributed by atoms with Crippen LogP contribution in [0.3, 0.4) is 0 Å². The summed E-state index contributed by atoms with van der Waals surface area (Å²) in [5, 5.41) is 12.2. The Labute approximate surface area is 214 Å². The van der Waals surface area contributed by atoms with Gasteiger partial charge in [0.25, 0.3) is 0 Å². The van der Waals surface area contributed by atoms with Crippen LogP contribution in [0.15, 0.2) is 71.3 Å². The third-order valence-electron chi connectivity index (χ3n) is 9.13. The van der Waals surface area contributed by atoms with Crippen LogP contribution in [0.25, 0.3) is 0 Å². The van der Waals surface area contributed by atoms with Gasteiger partial charge in [0, 0.05) is 24.7 Å². The number of aromatic nitrogens is 1. The molecule has 2 atom stereocenters. The van der Waals surface area contributed by atoms with E-state index in [4.69, 9.17) is 14.1 Å². The van der Waals surface area contributed by atoms with Crippen LogP contribution in [0.1, 0.15) is 67.7 Å². The Morgan fingerprint density at radius 2 is 1.61 bits per heavy atom. The van der Waals surface area contributed by atoms with Gasteiger partial charge in [-0.2, -0.15) is 0 Å². The van der Waals surface area contributed by atoms with E-state index in [0.29, 0.717) is 24.5 Å². The van der Waals surface area contributed by atoms with Gasteiger partial charge in [-0.1, -0.05) is 79.9 Å². The number of piperidine rings is 3. The maximum atomic E-state index is 12.2. The van der Waals surface area contributed by atoms with E-state index >= 15 is 0 Å². The van der Waals surface area contributed by atoms with Gasteiger partial charge >= 0.3 is 0 Å². The zero-order valence-corrected chi connectivity index (χ0v) is 21.2. The molecule has 36 heavy (non-hydrogen) atoms. The van der Waals surface area contributed by atoms with Crippen LogP contribution in [0, 0.1) is 11.8 Å². The predicted molar refractivity (Wildman–Crippen MR) is 139 cm³/mol. The Kier molecular flexibility index (Phi) is 6.72. The zero-order valence-electron chi connectivity index (χ0n) is 21.2. The number of ether oxygens (including phenoxy) is 1. The quantitative estimate of drug-likeness (QED) is 0.407. The van der Waals surface area contributed by atoms with Crippen LogP contribution in [0.5, 0.6) is 0 Å². The first-order valence-corrected chi connectivity index (χ1v) is 13.9. The Balaban J connectivity index is 1.20. The fraction of sp³-hybridized carbons (Fsp3) is 0.516. The fourth-order valence-corrected chi connectivity index (χ4v) is 7.04. The number of rotatable bonds is 8. The van der Waals surface area contributed by atoms with Crippen molar-refractivity contribution in [3.05, 3.63) is 89.6 Å². The molecule has 1 aromatic heterocycles.